The molecule has 0 saturated carbocycles. The number of nitrogens with two attached hydrogens (primary N) is 1. The fourth-order valence-electron chi connectivity index (χ4n) is 4.70. The number of amides is 1. The zero-order chi connectivity index (χ0) is 25.1. The summed E-state index contributed by atoms with van der Waals surface area (Å²) in [5.41, 5.74) is 7.61. The van der Waals surface area contributed by atoms with E-state index in [-0.39, 0.29) is 11.6 Å². The van der Waals surface area contributed by atoms with Crippen molar-refractivity contribution in [1.29, 1.82) is 0 Å². The highest BCUT2D eigenvalue weighted by molar-refractivity contribution is 6.09. The first-order valence-corrected chi connectivity index (χ1v) is 11.2. The number of benzene rings is 2. The van der Waals surface area contributed by atoms with Gasteiger partial charge in [0.25, 0.3) is 5.91 Å². The molecule has 8 nitrogen and oxygen atoms in total. The van der Waals surface area contributed by atoms with Gasteiger partial charge in [0.15, 0.2) is 0 Å². The van der Waals surface area contributed by atoms with Crippen molar-refractivity contribution in [3.63, 3.8) is 0 Å². The molecule has 0 spiro atoms. The Hall–Kier alpha value is -3.60. The molecule has 0 bridgehead atoms. The SMILES string of the molecule is Cc1nc(N[C@H](C)c2cc(N)cc(C(F)(F)F)c2)c2cc3c(cc2n1)N(C)C(=O)C1COCCN31. The third-order valence-corrected chi connectivity index (χ3v) is 6.48. The standard InChI is InChI=1S/C24H25F3N6O2/c1-12(14-6-15(24(25,26)27)8-16(28)7-14)29-22-17-9-20-19(10-18(17)30-13(2)31-22)32(3)23(34)21-11-35-5-4-33(20)21/h6-10,12,21H,4-5,11,28H2,1-3H3,(H,29,30,31)/t12-,21?/m1/s1. The molecule has 0 radical (unpaired) electrons. The number of alkyl halides is 3. The molecule has 2 aliphatic rings. The summed E-state index contributed by atoms with van der Waals surface area (Å²) in [6.45, 7) is 4.88. The maximum Gasteiger partial charge on any atom is 0.416 e. The Balaban J connectivity index is 1.58. The molecule has 1 saturated heterocycles. The summed E-state index contributed by atoms with van der Waals surface area (Å²) < 4.78 is 45.5. The molecule has 1 amide bonds. The number of aryl methyl sites for hydroxylation is 1. The van der Waals surface area contributed by atoms with E-state index in [1.54, 1.807) is 25.8 Å². The van der Waals surface area contributed by atoms with Crippen LogP contribution >= 0.6 is 0 Å². The lowest BCUT2D eigenvalue weighted by Crippen LogP contribution is -2.57. The van der Waals surface area contributed by atoms with Gasteiger partial charge in [-0.2, -0.15) is 13.2 Å². The Morgan fingerprint density at radius 3 is 2.69 bits per heavy atom. The van der Waals surface area contributed by atoms with Crippen LogP contribution < -0.4 is 20.9 Å². The van der Waals surface area contributed by atoms with Gasteiger partial charge in [-0.3, -0.25) is 4.79 Å². The number of fused-ring (bicyclic) bond motifs is 4. The van der Waals surface area contributed by atoms with Gasteiger partial charge in [-0.1, -0.05) is 0 Å². The Bertz CT molecular complexity index is 1330. The summed E-state index contributed by atoms with van der Waals surface area (Å²) in [7, 11) is 1.73. The van der Waals surface area contributed by atoms with Crippen molar-refractivity contribution in [2.75, 3.05) is 47.7 Å². The third kappa shape index (κ3) is 4.09. The van der Waals surface area contributed by atoms with Crippen molar-refractivity contribution in [1.82, 2.24) is 9.97 Å². The van der Waals surface area contributed by atoms with E-state index < -0.39 is 23.8 Å². The number of ether oxygens (including phenoxy) is 1. The Labute approximate surface area is 199 Å². The molecular weight excluding hydrogens is 461 g/mol. The van der Waals surface area contributed by atoms with E-state index in [1.165, 1.54) is 6.07 Å². The molecule has 11 heteroatoms. The number of anilines is 4. The van der Waals surface area contributed by atoms with E-state index in [9.17, 15) is 18.0 Å². The number of nitrogen functional groups attached to an aromatic ring is 1. The monoisotopic (exact) mass is 486 g/mol. The first-order chi connectivity index (χ1) is 16.5. The number of nitrogens with one attached hydrogen (secondary N) is 1. The quantitative estimate of drug-likeness (QED) is 0.542. The van der Waals surface area contributed by atoms with Crippen LogP contribution in [0.15, 0.2) is 30.3 Å². The highest BCUT2D eigenvalue weighted by atomic mass is 19.4. The van der Waals surface area contributed by atoms with Gasteiger partial charge < -0.3 is 25.6 Å². The van der Waals surface area contributed by atoms with E-state index in [2.05, 4.69) is 15.3 Å². The van der Waals surface area contributed by atoms with E-state index in [4.69, 9.17) is 10.5 Å². The first-order valence-electron chi connectivity index (χ1n) is 11.2. The summed E-state index contributed by atoms with van der Waals surface area (Å²) in [4.78, 5) is 25.6. The fourth-order valence-corrected chi connectivity index (χ4v) is 4.70. The minimum Gasteiger partial charge on any atom is -0.399 e. The van der Waals surface area contributed by atoms with Crippen LogP contribution in [0.2, 0.25) is 0 Å². The third-order valence-electron chi connectivity index (χ3n) is 6.48. The van der Waals surface area contributed by atoms with Crippen LogP contribution in [0.3, 0.4) is 0 Å². The van der Waals surface area contributed by atoms with Gasteiger partial charge in [0.2, 0.25) is 0 Å². The minimum atomic E-state index is -4.50. The Morgan fingerprint density at radius 2 is 1.94 bits per heavy atom. The second-order valence-corrected chi connectivity index (χ2v) is 8.91. The van der Waals surface area contributed by atoms with Gasteiger partial charge in [-0.05, 0) is 49.7 Å². The summed E-state index contributed by atoms with van der Waals surface area (Å²) in [6, 6.07) is 6.38. The van der Waals surface area contributed by atoms with Gasteiger partial charge in [-0.15, -0.1) is 0 Å². The highest BCUT2D eigenvalue weighted by Crippen LogP contribution is 2.41. The van der Waals surface area contributed by atoms with E-state index in [0.717, 1.165) is 23.5 Å². The predicted octanol–water partition coefficient (Wildman–Crippen LogP) is 3.89. The zero-order valence-corrected chi connectivity index (χ0v) is 19.5. The highest BCUT2D eigenvalue weighted by Gasteiger charge is 2.39. The summed E-state index contributed by atoms with van der Waals surface area (Å²) in [5.74, 6) is 0.935. The fraction of sp³-hybridized carbons (Fsp3) is 0.375. The second kappa shape index (κ2) is 8.26. The van der Waals surface area contributed by atoms with Crippen LogP contribution in [0.1, 0.15) is 29.9 Å². The maximum absolute atomic E-state index is 13.3. The molecule has 2 atom stereocenters. The van der Waals surface area contributed by atoms with Gasteiger partial charge in [-0.25, -0.2) is 9.97 Å². The number of likely N-dealkylation sites (N-methyl/N-ethyl adjacent to an activating group) is 1. The number of carbonyl (C=O) groups is 1. The van der Waals surface area contributed by atoms with Crippen molar-refractivity contribution < 1.29 is 22.7 Å². The topological polar surface area (TPSA) is 96.6 Å². The summed E-state index contributed by atoms with van der Waals surface area (Å²) >= 11 is 0. The van der Waals surface area contributed by atoms with Crippen molar-refractivity contribution in [3.8, 4) is 0 Å². The number of rotatable bonds is 3. The number of hydrogen-bond donors (Lipinski definition) is 2. The van der Waals surface area contributed by atoms with Crippen molar-refractivity contribution in [2.45, 2.75) is 32.1 Å². The second-order valence-electron chi connectivity index (χ2n) is 8.91. The lowest BCUT2D eigenvalue weighted by Gasteiger charge is -2.44. The number of halogens is 3. The normalized spacial score (nSPS) is 18.9. The van der Waals surface area contributed by atoms with Gasteiger partial charge in [0.1, 0.15) is 17.7 Å². The molecule has 1 unspecified atom stereocenters. The van der Waals surface area contributed by atoms with E-state index >= 15 is 0 Å². The molecule has 5 rings (SSSR count). The lowest BCUT2D eigenvalue weighted by atomic mass is 10.0. The van der Waals surface area contributed by atoms with Crippen LogP contribution in [-0.2, 0) is 15.7 Å². The summed E-state index contributed by atoms with van der Waals surface area (Å²) in [5, 5.41) is 3.95. The van der Waals surface area contributed by atoms with Gasteiger partial charge in [0, 0.05) is 24.7 Å². The Morgan fingerprint density at radius 1 is 1.17 bits per heavy atom. The van der Waals surface area contributed by atoms with Crippen LogP contribution in [-0.4, -0.2) is 48.7 Å². The lowest BCUT2D eigenvalue weighted by molar-refractivity contribution is -0.137. The molecule has 1 aromatic heterocycles. The van der Waals surface area contributed by atoms with Gasteiger partial charge in [0.05, 0.1) is 41.7 Å². The molecule has 2 aliphatic heterocycles. The van der Waals surface area contributed by atoms with E-state index in [0.29, 0.717) is 47.9 Å². The molecular formula is C24H25F3N6O2. The molecule has 3 aromatic rings. The molecule has 35 heavy (non-hydrogen) atoms. The molecule has 2 aromatic carbocycles. The number of nitrogens with zero attached hydrogens (tertiary/aromatic N) is 4. The van der Waals surface area contributed by atoms with Crippen molar-refractivity contribution in [3.05, 3.63) is 47.3 Å². The molecule has 3 heterocycles. The smallest absolute Gasteiger partial charge is 0.399 e. The largest absolute Gasteiger partial charge is 0.416 e. The molecule has 184 valence electrons. The predicted molar refractivity (Wildman–Crippen MR) is 128 cm³/mol. The zero-order valence-electron chi connectivity index (χ0n) is 19.5. The van der Waals surface area contributed by atoms with Crippen LogP contribution in [0, 0.1) is 6.92 Å². The average Bonchev–Trinajstić information content (AvgIpc) is 2.80. The maximum atomic E-state index is 13.3. The van der Waals surface area contributed by atoms with Crippen molar-refractivity contribution in [2.24, 2.45) is 0 Å². The van der Waals surface area contributed by atoms with Crippen LogP contribution in [0.4, 0.5) is 36.1 Å². The minimum absolute atomic E-state index is 0.0346. The van der Waals surface area contributed by atoms with E-state index in [1.807, 2.05) is 17.0 Å². The number of aromatic nitrogens is 2. The van der Waals surface area contributed by atoms with Crippen molar-refractivity contribution >= 4 is 39.7 Å². The van der Waals surface area contributed by atoms with Crippen LogP contribution in [0.25, 0.3) is 10.9 Å². The average molecular weight is 486 g/mol. The van der Waals surface area contributed by atoms with Crippen LogP contribution in [0.5, 0.6) is 0 Å². The van der Waals surface area contributed by atoms with Gasteiger partial charge >= 0.3 is 6.18 Å². The summed E-state index contributed by atoms with van der Waals surface area (Å²) in [6.07, 6.45) is -4.50. The molecule has 1 fully saturated rings. The Kier molecular flexibility index (Phi) is 5.47. The number of carbonyl (C=O) groups excluding carboxylic acids is 1. The number of morpholine rings is 1. The first kappa shape index (κ1) is 23.2. The molecule has 3 N–H and O–H groups in total. The molecule has 0 aliphatic carbocycles. The number of hydrogen-bond acceptors (Lipinski definition) is 7.